The first kappa shape index (κ1) is 17.8. The lowest BCUT2D eigenvalue weighted by Crippen LogP contribution is -2.29. The van der Waals surface area contributed by atoms with Gasteiger partial charge in [0.1, 0.15) is 17.1 Å². The maximum atomic E-state index is 13.0. The number of amides is 1. The van der Waals surface area contributed by atoms with E-state index in [0.29, 0.717) is 28.5 Å². The zero-order valence-electron chi connectivity index (χ0n) is 14.1. The van der Waals surface area contributed by atoms with Gasteiger partial charge < -0.3 is 10.0 Å². The van der Waals surface area contributed by atoms with E-state index in [1.807, 2.05) is 24.3 Å². The molecule has 27 heavy (non-hydrogen) atoms. The van der Waals surface area contributed by atoms with Crippen LogP contribution in [0.25, 0.3) is 11.3 Å². The zero-order chi connectivity index (χ0) is 19.1. The average molecular weight is 445 g/mol. The molecule has 7 heteroatoms. The Hall–Kier alpha value is -2.57. The number of rotatable bonds is 4. The van der Waals surface area contributed by atoms with Gasteiger partial charge in [-0.15, -0.1) is 6.58 Å². The van der Waals surface area contributed by atoms with Crippen LogP contribution in [0.2, 0.25) is 5.02 Å². The maximum Gasteiger partial charge on any atom is 0.273 e. The number of phenols is 1. The number of phenolic OH excluding ortho intramolecular Hbond substituents is 1. The molecular weight excluding hydrogens is 430 g/mol. The van der Waals surface area contributed by atoms with Crippen LogP contribution in [-0.4, -0.2) is 32.7 Å². The molecule has 136 valence electrons. The predicted octanol–water partition coefficient (Wildman–Crippen LogP) is 4.93. The molecule has 3 aromatic rings. The van der Waals surface area contributed by atoms with Crippen LogP contribution in [-0.2, 0) is 0 Å². The van der Waals surface area contributed by atoms with Crippen LogP contribution < -0.4 is 0 Å². The Labute approximate surface area is 169 Å². The van der Waals surface area contributed by atoms with Crippen molar-refractivity contribution in [2.24, 2.45) is 0 Å². The fourth-order valence-corrected chi connectivity index (χ4v) is 4.04. The molecule has 0 saturated heterocycles. The first-order valence-electron chi connectivity index (χ1n) is 8.25. The van der Waals surface area contributed by atoms with Crippen molar-refractivity contribution in [2.75, 3.05) is 6.54 Å². The molecule has 0 aliphatic carbocycles. The largest absolute Gasteiger partial charge is 0.507 e. The number of nitrogens with one attached hydrogen (secondary N) is 1. The fourth-order valence-electron chi connectivity index (χ4n) is 3.45. The summed E-state index contributed by atoms with van der Waals surface area (Å²) in [6.07, 6.45) is 1.69. The summed E-state index contributed by atoms with van der Waals surface area (Å²) in [5.74, 6) is -0.105. The van der Waals surface area contributed by atoms with Gasteiger partial charge in [0.25, 0.3) is 5.91 Å². The second-order valence-corrected chi connectivity index (χ2v) is 7.58. The number of aromatic hydroxyl groups is 1. The Morgan fingerprint density at radius 2 is 2.15 bits per heavy atom. The van der Waals surface area contributed by atoms with Crippen molar-refractivity contribution in [3.63, 3.8) is 0 Å². The molecular formula is C20H15BrClN3O2. The van der Waals surface area contributed by atoms with Gasteiger partial charge in [0.2, 0.25) is 0 Å². The number of H-pyrrole nitrogens is 1. The molecule has 0 fully saturated rings. The standard InChI is InChI=1S/C20H15BrClN3O2/c1-2-8-25-19(11-4-3-5-12(21)9-11)16-17(23-24-18(16)20(25)27)14-10-13(22)6-7-15(14)26/h2-7,9-10,19,26H,1,8H2,(H,23,24). The van der Waals surface area contributed by atoms with E-state index in [2.05, 4.69) is 32.7 Å². The number of halogens is 2. The highest BCUT2D eigenvalue weighted by Gasteiger charge is 2.42. The minimum absolute atomic E-state index is 0.0521. The molecule has 1 aliphatic heterocycles. The first-order chi connectivity index (χ1) is 13.0. The highest BCUT2D eigenvalue weighted by atomic mass is 79.9. The molecule has 2 aromatic carbocycles. The molecule has 0 bridgehead atoms. The second kappa shape index (κ2) is 6.87. The summed E-state index contributed by atoms with van der Waals surface area (Å²) in [7, 11) is 0. The number of aromatic amines is 1. The zero-order valence-corrected chi connectivity index (χ0v) is 16.5. The normalized spacial score (nSPS) is 15.9. The summed E-state index contributed by atoms with van der Waals surface area (Å²) in [5.41, 5.74) is 3.05. The van der Waals surface area contributed by atoms with E-state index in [0.717, 1.165) is 15.6 Å². The average Bonchev–Trinajstić information content (AvgIpc) is 3.17. The molecule has 1 unspecified atom stereocenters. The maximum absolute atomic E-state index is 13.0. The van der Waals surface area contributed by atoms with Crippen LogP contribution in [0.5, 0.6) is 5.75 Å². The van der Waals surface area contributed by atoms with Crippen molar-refractivity contribution in [3.05, 3.63) is 81.4 Å². The van der Waals surface area contributed by atoms with Crippen molar-refractivity contribution in [1.82, 2.24) is 15.1 Å². The molecule has 5 nitrogen and oxygen atoms in total. The number of hydrogen-bond donors (Lipinski definition) is 2. The number of benzene rings is 2. The Balaban J connectivity index is 1.95. The lowest BCUT2D eigenvalue weighted by molar-refractivity contribution is 0.0764. The number of hydrogen-bond acceptors (Lipinski definition) is 3. The summed E-state index contributed by atoms with van der Waals surface area (Å²) in [6, 6.07) is 12.2. The van der Waals surface area contributed by atoms with Gasteiger partial charge in [-0.25, -0.2) is 0 Å². The molecule has 2 N–H and O–H groups in total. The highest BCUT2D eigenvalue weighted by molar-refractivity contribution is 9.10. The van der Waals surface area contributed by atoms with Gasteiger partial charge in [-0.2, -0.15) is 5.10 Å². The Kier molecular flexibility index (Phi) is 4.53. The van der Waals surface area contributed by atoms with E-state index in [1.165, 1.54) is 6.07 Å². The Morgan fingerprint density at radius 1 is 1.33 bits per heavy atom. The van der Waals surface area contributed by atoms with Crippen LogP contribution in [0.1, 0.15) is 27.7 Å². The molecule has 0 spiro atoms. The van der Waals surface area contributed by atoms with Gasteiger partial charge in [0.05, 0.1) is 6.04 Å². The van der Waals surface area contributed by atoms with E-state index in [-0.39, 0.29) is 17.7 Å². The molecule has 1 atom stereocenters. The van der Waals surface area contributed by atoms with Crippen LogP contribution in [0, 0.1) is 0 Å². The van der Waals surface area contributed by atoms with Gasteiger partial charge in [0, 0.05) is 27.2 Å². The van der Waals surface area contributed by atoms with Gasteiger partial charge >= 0.3 is 0 Å². The molecule has 2 heterocycles. The van der Waals surface area contributed by atoms with Gasteiger partial charge in [0.15, 0.2) is 0 Å². The van der Waals surface area contributed by atoms with E-state index in [9.17, 15) is 9.90 Å². The van der Waals surface area contributed by atoms with Crippen molar-refractivity contribution in [1.29, 1.82) is 0 Å². The van der Waals surface area contributed by atoms with Crippen molar-refractivity contribution < 1.29 is 9.90 Å². The predicted molar refractivity (Wildman–Crippen MR) is 108 cm³/mol. The fraction of sp³-hybridized carbons (Fsp3) is 0.100. The molecule has 1 aromatic heterocycles. The summed E-state index contributed by atoms with van der Waals surface area (Å²) < 4.78 is 0.912. The van der Waals surface area contributed by atoms with Gasteiger partial charge in [-0.3, -0.25) is 9.89 Å². The lowest BCUT2D eigenvalue weighted by Gasteiger charge is -2.25. The second-order valence-electron chi connectivity index (χ2n) is 6.23. The van der Waals surface area contributed by atoms with E-state index >= 15 is 0 Å². The van der Waals surface area contributed by atoms with Crippen molar-refractivity contribution >= 4 is 33.4 Å². The molecule has 1 aliphatic rings. The monoisotopic (exact) mass is 443 g/mol. The summed E-state index contributed by atoms with van der Waals surface area (Å²) in [6.45, 7) is 4.16. The van der Waals surface area contributed by atoms with Crippen LogP contribution in [0.4, 0.5) is 0 Å². The van der Waals surface area contributed by atoms with E-state index in [4.69, 9.17) is 11.6 Å². The summed E-state index contributed by atoms with van der Waals surface area (Å²) in [5, 5.41) is 18.0. The number of carbonyl (C=O) groups is 1. The highest BCUT2D eigenvalue weighted by Crippen LogP contribution is 2.45. The SMILES string of the molecule is C=CCN1C(=O)c2[nH]nc(-c3cc(Cl)ccc3O)c2C1c1cccc(Br)c1. The van der Waals surface area contributed by atoms with Crippen LogP contribution in [0.3, 0.4) is 0 Å². The third kappa shape index (κ3) is 2.95. The quantitative estimate of drug-likeness (QED) is 0.561. The van der Waals surface area contributed by atoms with E-state index in [1.54, 1.807) is 23.1 Å². The molecule has 0 saturated carbocycles. The molecule has 0 radical (unpaired) electrons. The Morgan fingerprint density at radius 3 is 2.89 bits per heavy atom. The lowest BCUT2D eigenvalue weighted by atomic mass is 9.96. The molecule has 1 amide bonds. The van der Waals surface area contributed by atoms with Crippen LogP contribution in [0.15, 0.2) is 59.6 Å². The van der Waals surface area contributed by atoms with Crippen molar-refractivity contribution in [2.45, 2.75) is 6.04 Å². The van der Waals surface area contributed by atoms with E-state index < -0.39 is 0 Å². The van der Waals surface area contributed by atoms with Gasteiger partial charge in [-0.1, -0.05) is 45.7 Å². The first-order valence-corrected chi connectivity index (χ1v) is 9.43. The van der Waals surface area contributed by atoms with Crippen LogP contribution >= 0.6 is 27.5 Å². The summed E-state index contributed by atoms with van der Waals surface area (Å²) >= 11 is 9.61. The Bertz CT molecular complexity index is 1060. The number of fused-ring (bicyclic) bond motifs is 1. The number of aromatic nitrogens is 2. The third-order valence-electron chi connectivity index (χ3n) is 4.57. The minimum Gasteiger partial charge on any atom is -0.507 e. The van der Waals surface area contributed by atoms with Crippen molar-refractivity contribution in [3.8, 4) is 17.0 Å². The third-order valence-corrected chi connectivity index (χ3v) is 5.30. The summed E-state index contributed by atoms with van der Waals surface area (Å²) in [4.78, 5) is 14.7. The smallest absolute Gasteiger partial charge is 0.273 e. The number of carbonyl (C=O) groups excluding carboxylic acids is 1. The molecule has 4 rings (SSSR count). The topological polar surface area (TPSA) is 69.2 Å². The number of nitrogens with zero attached hydrogens (tertiary/aromatic N) is 2. The van der Waals surface area contributed by atoms with Gasteiger partial charge in [-0.05, 0) is 35.9 Å². The minimum atomic E-state index is -0.352.